The third-order valence-electron chi connectivity index (χ3n) is 2.83. The molecule has 0 saturated heterocycles. The van der Waals surface area contributed by atoms with Gasteiger partial charge in [0.25, 0.3) is 0 Å². The van der Waals surface area contributed by atoms with Gasteiger partial charge in [-0.25, -0.2) is 22.0 Å². The van der Waals surface area contributed by atoms with Gasteiger partial charge in [0.15, 0.2) is 23.3 Å². The normalized spacial score (nSPS) is 10.6. The van der Waals surface area contributed by atoms with E-state index in [1.807, 2.05) is 0 Å². The van der Waals surface area contributed by atoms with E-state index in [-0.39, 0.29) is 5.75 Å². The lowest BCUT2D eigenvalue weighted by Gasteiger charge is -2.10. The lowest BCUT2D eigenvalue weighted by molar-refractivity contribution is 0.279. The first-order chi connectivity index (χ1) is 9.95. The van der Waals surface area contributed by atoms with Crippen molar-refractivity contribution in [2.24, 2.45) is 0 Å². The molecule has 2 aromatic rings. The molecular weight excluding hydrogens is 293 g/mol. The van der Waals surface area contributed by atoms with Crippen LogP contribution in [0.3, 0.4) is 0 Å². The molecule has 0 amide bonds. The molecule has 2 nitrogen and oxygen atoms in total. The number of rotatable bonds is 4. The van der Waals surface area contributed by atoms with E-state index in [0.717, 1.165) is 5.69 Å². The number of hydrogen-bond acceptors (Lipinski definition) is 2. The van der Waals surface area contributed by atoms with E-state index in [9.17, 15) is 22.0 Å². The van der Waals surface area contributed by atoms with Crippen LogP contribution in [-0.4, -0.2) is 7.05 Å². The van der Waals surface area contributed by atoms with Crippen molar-refractivity contribution in [2.45, 2.75) is 6.61 Å². The van der Waals surface area contributed by atoms with Crippen LogP contribution in [0.1, 0.15) is 5.56 Å². The van der Waals surface area contributed by atoms with E-state index in [4.69, 9.17) is 4.74 Å². The van der Waals surface area contributed by atoms with Gasteiger partial charge in [0.2, 0.25) is 5.82 Å². The van der Waals surface area contributed by atoms with Gasteiger partial charge < -0.3 is 10.1 Å². The quantitative estimate of drug-likeness (QED) is 0.523. The van der Waals surface area contributed by atoms with Crippen LogP contribution in [0.25, 0.3) is 0 Å². The van der Waals surface area contributed by atoms with Crippen molar-refractivity contribution in [1.82, 2.24) is 0 Å². The number of hydrogen-bond donors (Lipinski definition) is 1. The Kier molecular flexibility index (Phi) is 4.30. The molecule has 7 heteroatoms. The van der Waals surface area contributed by atoms with Gasteiger partial charge in [0.1, 0.15) is 12.4 Å². The predicted molar refractivity (Wildman–Crippen MR) is 66.6 cm³/mol. The predicted octanol–water partition coefficient (Wildman–Crippen LogP) is 4.00. The molecule has 21 heavy (non-hydrogen) atoms. The molecule has 0 aliphatic rings. The Morgan fingerprint density at radius 1 is 0.810 bits per heavy atom. The summed E-state index contributed by atoms with van der Waals surface area (Å²) in [6, 6.07) is 6.26. The highest BCUT2D eigenvalue weighted by Gasteiger charge is 2.25. The number of benzene rings is 2. The van der Waals surface area contributed by atoms with Crippen molar-refractivity contribution in [1.29, 1.82) is 0 Å². The molecule has 0 bridgehead atoms. The number of halogens is 5. The Bertz CT molecular complexity index is 628. The van der Waals surface area contributed by atoms with Gasteiger partial charge in [-0.1, -0.05) is 0 Å². The molecule has 2 aromatic carbocycles. The third kappa shape index (κ3) is 2.91. The lowest BCUT2D eigenvalue weighted by Crippen LogP contribution is -2.09. The maximum atomic E-state index is 13.4. The molecule has 112 valence electrons. The van der Waals surface area contributed by atoms with Crippen LogP contribution in [-0.2, 0) is 6.61 Å². The van der Waals surface area contributed by atoms with Gasteiger partial charge in [0, 0.05) is 12.7 Å². The summed E-state index contributed by atoms with van der Waals surface area (Å²) >= 11 is 0. The first kappa shape index (κ1) is 15.1. The highest BCUT2D eigenvalue weighted by molar-refractivity contribution is 5.45. The van der Waals surface area contributed by atoms with Crippen LogP contribution in [0.2, 0.25) is 0 Å². The van der Waals surface area contributed by atoms with Crippen molar-refractivity contribution >= 4 is 5.69 Å². The first-order valence-corrected chi connectivity index (χ1v) is 5.86. The van der Waals surface area contributed by atoms with Crippen LogP contribution in [0, 0.1) is 29.1 Å². The minimum Gasteiger partial charge on any atom is -0.489 e. The zero-order valence-electron chi connectivity index (χ0n) is 10.8. The highest BCUT2D eigenvalue weighted by Crippen LogP contribution is 2.24. The van der Waals surface area contributed by atoms with Gasteiger partial charge in [0.05, 0.1) is 5.56 Å². The summed E-state index contributed by atoms with van der Waals surface area (Å²) in [5.74, 6) is -9.71. The molecule has 0 aliphatic heterocycles. The van der Waals surface area contributed by atoms with E-state index in [1.54, 1.807) is 19.2 Å². The zero-order chi connectivity index (χ0) is 15.6. The summed E-state index contributed by atoms with van der Waals surface area (Å²) in [6.07, 6.45) is 0. The largest absolute Gasteiger partial charge is 0.489 e. The monoisotopic (exact) mass is 303 g/mol. The van der Waals surface area contributed by atoms with E-state index in [0.29, 0.717) is 0 Å². The Labute approximate surface area is 117 Å². The Morgan fingerprint density at radius 2 is 1.29 bits per heavy atom. The van der Waals surface area contributed by atoms with Gasteiger partial charge >= 0.3 is 0 Å². The summed E-state index contributed by atoms with van der Waals surface area (Å²) in [4.78, 5) is 0. The molecule has 0 aromatic heterocycles. The van der Waals surface area contributed by atoms with Crippen molar-refractivity contribution in [3.8, 4) is 5.75 Å². The topological polar surface area (TPSA) is 21.3 Å². The second kappa shape index (κ2) is 5.99. The summed E-state index contributed by atoms with van der Waals surface area (Å²) in [7, 11) is 1.70. The van der Waals surface area contributed by atoms with Crippen LogP contribution in [0.5, 0.6) is 5.75 Å². The zero-order valence-corrected chi connectivity index (χ0v) is 10.8. The molecule has 0 aliphatic carbocycles. The van der Waals surface area contributed by atoms with Gasteiger partial charge in [-0.3, -0.25) is 0 Å². The number of ether oxygens (including phenoxy) is 1. The fourth-order valence-corrected chi connectivity index (χ4v) is 1.65. The maximum absolute atomic E-state index is 13.4. The minimum absolute atomic E-state index is 0.234. The van der Waals surface area contributed by atoms with Crippen LogP contribution < -0.4 is 10.1 Å². The van der Waals surface area contributed by atoms with Crippen molar-refractivity contribution in [3.05, 3.63) is 58.9 Å². The van der Waals surface area contributed by atoms with Gasteiger partial charge in [-0.05, 0) is 24.3 Å². The third-order valence-corrected chi connectivity index (χ3v) is 2.83. The summed E-state index contributed by atoms with van der Waals surface area (Å²) in [5, 5.41) is 2.85. The molecule has 0 atom stereocenters. The van der Waals surface area contributed by atoms with Gasteiger partial charge in [-0.2, -0.15) is 0 Å². The fraction of sp³-hybridized carbons (Fsp3) is 0.143. The maximum Gasteiger partial charge on any atom is 0.200 e. The van der Waals surface area contributed by atoms with Crippen LogP contribution in [0.15, 0.2) is 24.3 Å². The minimum atomic E-state index is -2.19. The summed E-state index contributed by atoms with van der Waals surface area (Å²) in [6.45, 7) is -0.773. The molecule has 0 unspecified atom stereocenters. The Morgan fingerprint density at radius 3 is 1.76 bits per heavy atom. The average Bonchev–Trinajstić information content (AvgIpc) is 2.51. The smallest absolute Gasteiger partial charge is 0.200 e. The van der Waals surface area contributed by atoms with E-state index >= 15 is 0 Å². The molecule has 0 fully saturated rings. The SMILES string of the molecule is CNc1ccc(OCc2c(F)c(F)c(F)c(F)c2F)cc1. The molecule has 1 N–H and O–H groups in total. The van der Waals surface area contributed by atoms with E-state index in [1.165, 1.54) is 12.1 Å². The van der Waals surface area contributed by atoms with E-state index in [2.05, 4.69) is 5.32 Å². The number of nitrogens with one attached hydrogen (secondary N) is 1. The number of anilines is 1. The molecule has 0 saturated carbocycles. The van der Waals surface area contributed by atoms with Crippen molar-refractivity contribution in [3.63, 3.8) is 0 Å². The summed E-state index contributed by atoms with van der Waals surface area (Å²) in [5.41, 5.74) is -0.234. The fourth-order valence-electron chi connectivity index (χ4n) is 1.65. The second-order valence-electron chi connectivity index (χ2n) is 4.11. The van der Waals surface area contributed by atoms with Crippen LogP contribution >= 0.6 is 0 Å². The Balaban J connectivity index is 2.23. The highest BCUT2D eigenvalue weighted by atomic mass is 19.2. The molecule has 0 radical (unpaired) electrons. The average molecular weight is 303 g/mol. The molecule has 2 rings (SSSR count). The van der Waals surface area contributed by atoms with Gasteiger partial charge in [-0.15, -0.1) is 0 Å². The molecule has 0 spiro atoms. The first-order valence-electron chi connectivity index (χ1n) is 5.86. The summed E-state index contributed by atoms with van der Waals surface area (Å²) < 4.78 is 70.7. The standard InChI is InChI=1S/C14H10F5NO/c1-20-7-2-4-8(5-3-7)21-6-9-10(15)12(17)14(19)13(18)11(9)16/h2-5,20H,6H2,1H3. The van der Waals surface area contributed by atoms with Crippen LogP contribution in [0.4, 0.5) is 27.6 Å². The van der Waals surface area contributed by atoms with E-state index < -0.39 is 41.3 Å². The molecule has 0 heterocycles. The molecular formula is C14H10F5NO. The van der Waals surface area contributed by atoms with Crippen molar-refractivity contribution < 1.29 is 26.7 Å². The Hall–Kier alpha value is -2.31. The van der Waals surface area contributed by atoms with Crippen molar-refractivity contribution in [2.75, 3.05) is 12.4 Å². The lowest BCUT2D eigenvalue weighted by atomic mass is 10.2. The second-order valence-corrected chi connectivity index (χ2v) is 4.11.